The van der Waals surface area contributed by atoms with Crippen LogP contribution in [0.3, 0.4) is 0 Å². The van der Waals surface area contributed by atoms with Crippen molar-refractivity contribution in [3.63, 3.8) is 0 Å². The van der Waals surface area contributed by atoms with E-state index in [9.17, 15) is 0 Å². The molecule has 0 fully saturated rings. The van der Waals surface area contributed by atoms with E-state index < -0.39 is 0 Å². The van der Waals surface area contributed by atoms with E-state index in [-0.39, 0.29) is 4.83 Å². The van der Waals surface area contributed by atoms with Crippen molar-refractivity contribution < 1.29 is 14.2 Å². The van der Waals surface area contributed by atoms with E-state index in [2.05, 4.69) is 37.9 Å². The predicted octanol–water partition coefficient (Wildman–Crippen LogP) is 5.03. The fourth-order valence-corrected chi connectivity index (χ4v) is 4.05. The third kappa shape index (κ3) is 4.22. The van der Waals surface area contributed by atoms with Crippen molar-refractivity contribution in [2.24, 2.45) is 0 Å². The summed E-state index contributed by atoms with van der Waals surface area (Å²) in [5, 5.41) is 2.03. The molecule has 0 amide bonds. The second-order valence-electron chi connectivity index (χ2n) is 4.25. The van der Waals surface area contributed by atoms with Crippen molar-refractivity contribution >= 4 is 43.2 Å². The minimum atomic E-state index is 0.0942. The molecule has 1 heterocycles. The maximum atomic E-state index is 5.64. The van der Waals surface area contributed by atoms with Crippen LogP contribution in [0.5, 0.6) is 11.5 Å². The molecule has 2 rings (SSSR count). The summed E-state index contributed by atoms with van der Waals surface area (Å²) in [7, 11) is 3.35. The lowest BCUT2D eigenvalue weighted by molar-refractivity contribution is 0.146. The van der Waals surface area contributed by atoms with Crippen LogP contribution in [0.2, 0.25) is 0 Å². The Morgan fingerprint density at radius 2 is 1.95 bits per heavy atom. The Hall–Kier alpha value is -0.560. The molecule has 1 aromatic heterocycles. The summed E-state index contributed by atoms with van der Waals surface area (Å²) in [5.41, 5.74) is 1.14. The Balaban J connectivity index is 2.15. The maximum Gasteiger partial charge on any atom is 0.134 e. The fraction of sp³-hybridized carbons (Fsp3) is 0.333. The molecule has 0 aliphatic rings. The minimum Gasteiger partial charge on any atom is -0.496 e. The summed E-state index contributed by atoms with van der Waals surface area (Å²) in [6.45, 7) is 1.10. The van der Waals surface area contributed by atoms with Crippen molar-refractivity contribution in [3.8, 4) is 11.5 Å². The van der Waals surface area contributed by atoms with Crippen LogP contribution in [0, 0.1) is 0 Å². The molecule has 0 spiro atoms. The molecule has 0 saturated heterocycles. The van der Waals surface area contributed by atoms with Gasteiger partial charge in [-0.25, -0.2) is 0 Å². The lowest BCUT2D eigenvalue weighted by atomic mass is 10.1. The van der Waals surface area contributed by atoms with Crippen LogP contribution in [0.15, 0.2) is 34.1 Å². The number of ether oxygens (including phenoxy) is 3. The smallest absolute Gasteiger partial charge is 0.134 e. The number of rotatable bonds is 7. The average molecular weight is 436 g/mol. The van der Waals surface area contributed by atoms with Crippen LogP contribution >= 0.6 is 43.2 Å². The molecule has 6 heteroatoms. The Kier molecular flexibility index (Phi) is 6.54. The molecule has 1 unspecified atom stereocenters. The molecule has 21 heavy (non-hydrogen) atoms. The summed E-state index contributed by atoms with van der Waals surface area (Å²) in [5.74, 6) is 1.71. The van der Waals surface area contributed by atoms with Crippen LogP contribution in [-0.4, -0.2) is 27.4 Å². The van der Waals surface area contributed by atoms with Crippen LogP contribution in [0.25, 0.3) is 0 Å². The Labute approximate surface area is 145 Å². The zero-order valence-electron chi connectivity index (χ0n) is 11.8. The monoisotopic (exact) mass is 434 g/mol. The first-order valence-electron chi connectivity index (χ1n) is 6.34. The van der Waals surface area contributed by atoms with Gasteiger partial charge in [-0.2, -0.15) is 0 Å². The van der Waals surface area contributed by atoms with Crippen molar-refractivity contribution in [2.45, 2.75) is 4.83 Å². The van der Waals surface area contributed by atoms with Gasteiger partial charge >= 0.3 is 0 Å². The van der Waals surface area contributed by atoms with Gasteiger partial charge in [0.2, 0.25) is 0 Å². The van der Waals surface area contributed by atoms with Crippen LogP contribution in [0.1, 0.15) is 15.3 Å². The van der Waals surface area contributed by atoms with Gasteiger partial charge in [-0.3, -0.25) is 0 Å². The molecule has 0 radical (unpaired) electrons. The van der Waals surface area contributed by atoms with Crippen molar-refractivity contribution in [1.82, 2.24) is 0 Å². The Morgan fingerprint density at radius 1 is 1.14 bits per heavy atom. The van der Waals surface area contributed by atoms with E-state index in [1.54, 1.807) is 25.6 Å². The first kappa shape index (κ1) is 16.8. The average Bonchev–Trinajstić information content (AvgIpc) is 2.96. The van der Waals surface area contributed by atoms with E-state index in [0.717, 1.165) is 26.4 Å². The third-order valence-electron chi connectivity index (χ3n) is 2.90. The fourth-order valence-electron chi connectivity index (χ4n) is 1.84. The first-order chi connectivity index (χ1) is 10.2. The molecule has 3 nitrogen and oxygen atoms in total. The SMILES string of the molecule is COCCOc1ccc(C(Br)c2sccc2OC)cc1Br. The van der Waals surface area contributed by atoms with Crippen LogP contribution in [0.4, 0.5) is 0 Å². The van der Waals surface area contributed by atoms with Crippen molar-refractivity contribution in [1.29, 1.82) is 0 Å². The van der Waals surface area contributed by atoms with Gasteiger partial charge in [0.15, 0.2) is 0 Å². The van der Waals surface area contributed by atoms with Gasteiger partial charge < -0.3 is 14.2 Å². The van der Waals surface area contributed by atoms with E-state index in [4.69, 9.17) is 14.2 Å². The van der Waals surface area contributed by atoms with Crippen LogP contribution < -0.4 is 9.47 Å². The number of benzene rings is 1. The minimum absolute atomic E-state index is 0.0942. The van der Waals surface area contributed by atoms with Gasteiger partial charge in [-0.15, -0.1) is 11.3 Å². The highest BCUT2D eigenvalue weighted by Crippen LogP contribution is 2.41. The first-order valence-corrected chi connectivity index (χ1v) is 8.92. The standard InChI is InChI=1S/C15H16Br2O3S/c1-18-6-7-20-12-4-3-10(9-11(12)16)14(17)15-13(19-2)5-8-21-15/h3-5,8-9,14H,6-7H2,1-2H3. The predicted molar refractivity (Wildman–Crippen MR) is 93.2 cm³/mol. The quantitative estimate of drug-likeness (QED) is 0.451. The van der Waals surface area contributed by atoms with Crippen molar-refractivity contribution in [2.75, 3.05) is 27.4 Å². The Bertz CT molecular complexity index is 586. The number of hydrogen-bond acceptors (Lipinski definition) is 4. The summed E-state index contributed by atoms with van der Waals surface area (Å²) < 4.78 is 16.9. The molecular formula is C15H16Br2O3S. The van der Waals surface area contributed by atoms with Gasteiger partial charge in [-0.05, 0) is 45.1 Å². The summed E-state index contributed by atoms with van der Waals surface area (Å²) in [4.78, 5) is 1.24. The molecule has 0 N–H and O–H groups in total. The molecular weight excluding hydrogens is 420 g/mol. The lowest BCUT2D eigenvalue weighted by Gasteiger charge is -2.13. The summed E-state index contributed by atoms with van der Waals surface area (Å²) in [6, 6.07) is 8.04. The molecule has 0 aliphatic carbocycles. The van der Waals surface area contributed by atoms with Gasteiger partial charge in [0.25, 0.3) is 0 Å². The summed E-state index contributed by atoms with van der Waals surface area (Å²) >= 11 is 8.96. The van der Waals surface area contributed by atoms with Crippen LogP contribution in [-0.2, 0) is 4.74 Å². The maximum absolute atomic E-state index is 5.64. The number of thiophene rings is 1. The highest BCUT2D eigenvalue weighted by molar-refractivity contribution is 9.10. The molecule has 2 aromatic rings. The van der Waals surface area contributed by atoms with Gasteiger partial charge in [-0.1, -0.05) is 22.0 Å². The zero-order chi connectivity index (χ0) is 15.2. The largest absolute Gasteiger partial charge is 0.496 e. The van der Waals surface area contributed by atoms with Crippen molar-refractivity contribution in [3.05, 3.63) is 44.6 Å². The van der Waals surface area contributed by atoms with E-state index in [0.29, 0.717) is 13.2 Å². The van der Waals surface area contributed by atoms with Gasteiger partial charge in [0.1, 0.15) is 18.1 Å². The third-order valence-corrected chi connectivity index (χ3v) is 5.77. The zero-order valence-corrected chi connectivity index (χ0v) is 15.8. The number of hydrogen-bond donors (Lipinski definition) is 0. The molecule has 1 aromatic carbocycles. The Morgan fingerprint density at radius 3 is 2.62 bits per heavy atom. The number of alkyl halides is 1. The van der Waals surface area contributed by atoms with E-state index in [1.807, 2.05) is 23.6 Å². The highest BCUT2D eigenvalue weighted by atomic mass is 79.9. The molecule has 1 atom stereocenters. The topological polar surface area (TPSA) is 27.7 Å². The molecule has 0 saturated carbocycles. The molecule has 114 valence electrons. The van der Waals surface area contributed by atoms with E-state index >= 15 is 0 Å². The summed E-state index contributed by atoms with van der Waals surface area (Å²) in [6.07, 6.45) is 0. The molecule has 0 bridgehead atoms. The highest BCUT2D eigenvalue weighted by Gasteiger charge is 2.18. The number of halogens is 2. The van der Waals surface area contributed by atoms with E-state index in [1.165, 1.54) is 0 Å². The second kappa shape index (κ2) is 8.17. The van der Waals surface area contributed by atoms with Gasteiger partial charge in [0, 0.05) is 7.11 Å². The normalized spacial score (nSPS) is 12.2. The van der Waals surface area contributed by atoms with Gasteiger partial charge in [0.05, 0.1) is 27.9 Å². The number of methoxy groups -OCH3 is 2. The molecule has 0 aliphatic heterocycles. The lowest BCUT2D eigenvalue weighted by Crippen LogP contribution is -2.04. The second-order valence-corrected chi connectivity index (χ2v) is 6.96.